The molecule has 3 N–H and O–H groups in total. The van der Waals surface area contributed by atoms with E-state index in [0.29, 0.717) is 12.5 Å². The Hall–Kier alpha value is -0.620. The molecule has 0 unspecified atom stereocenters. The minimum atomic E-state index is 0.163. The van der Waals surface area contributed by atoms with E-state index >= 15 is 0 Å². The first-order chi connectivity index (χ1) is 13.1. The second-order valence-corrected chi connectivity index (χ2v) is 11.6. The van der Waals surface area contributed by atoms with Crippen molar-refractivity contribution in [1.29, 1.82) is 0 Å². The fourth-order valence-electron chi connectivity index (χ4n) is 6.83. The van der Waals surface area contributed by atoms with Gasteiger partial charge in [0.1, 0.15) is 32.7 Å². The van der Waals surface area contributed by atoms with Gasteiger partial charge in [0.05, 0.1) is 9.21 Å². The molecule has 4 bridgehead atoms. The highest BCUT2D eigenvalue weighted by Gasteiger charge is 2.51. The van der Waals surface area contributed by atoms with Crippen LogP contribution in [0, 0.1) is 17.8 Å². The summed E-state index contributed by atoms with van der Waals surface area (Å²) in [6.45, 7) is 6.24. The van der Waals surface area contributed by atoms with E-state index in [4.69, 9.17) is 11.6 Å². The van der Waals surface area contributed by atoms with E-state index in [0.717, 1.165) is 54.8 Å². The van der Waals surface area contributed by atoms with Crippen molar-refractivity contribution in [1.82, 2.24) is 5.32 Å². The maximum atomic E-state index is 12.8. The summed E-state index contributed by atoms with van der Waals surface area (Å²) in [6.07, 6.45) is 8.05. The topological polar surface area (TPSA) is 38.0 Å². The van der Waals surface area contributed by atoms with Crippen LogP contribution in [0.3, 0.4) is 0 Å². The van der Waals surface area contributed by atoms with Gasteiger partial charge in [0.2, 0.25) is 0 Å². The first kappa shape index (κ1) is 18.4. The lowest BCUT2D eigenvalue weighted by atomic mass is 9.53. The summed E-state index contributed by atoms with van der Waals surface area (Å²) >= 11 is 7.74. The molecule has 1 aliphatic heterocycles. The van der Waals surface area contributed by atoms with E-state index in [1.165, 1.54) is 48.3 Å². The van der Waals surface area contributed by atoms with Gasteiger partial charge in [-0.15, -0.1) is 11.3 Å². The molecule has 0 spiro atoms. The molecule has 1 amide bonds. The van der Waals surface area contributed by atoms with E-state index in [1.807, 2.05) is 6.07 Å². The summed E-state index contributed by atoms with van der Waals surface area (Å²) in [7, 11) is 0. The summed E-state index contributed by atoms with van der Waals surface area (Å²) in [5.74, 6) is 2.98. The fraction of sp³-hybridized carbons (Fsp3) is 0.762. The third-order valence-electron chi connectivity index (χ3n) is 7.57. The van der Waals surface area contributed by atoms with Crippen molar-refractivity contribution in [3.8, 4) is 0 Å². The van der Waals surface area contributed by atoms with Gasteiger partial charge in [-0.1, -0.05) is 11.6 Å². The number of hydrogen-bond acceptors (Lipinski definition) is 2. The molecule has 4 nitrogen and oxygen atoms in total. The third-order valence-corrected chi connectivity index (χ3v) is 8.80. The lowest BCUT2D eigenvalue weighted by Gasteiger charge is -2.56. The van der Waals surface area contributed by atoms with Crippen LogP contribution in [0.25, 0.3) is 0 Å². The molecule has 1 aromatic heterocycles. The number of nitrogens with one attached hydrogen (secondary N) is 3. The molecule has 4 aliphatic carbocycles. The van der Waals surface area contributed by atoms with E-state index in [2.05, 4.69) is 11.4 Å². The van der Waals surface area contributed by atoms with Gasteiger partial charge in [0.25, 0.3) is 5.91 Å². The predicted octanol–water partition coefficient (Wildman–Crippen LogP) is 0.770. The van der Waals surface area contributed by atoms with Crippen molar-refractivity contribution < 1.29 is 14.6 Å². The summed E-state index contributed by atoms with van der Waals surface area (Å²) in [6, 6.07) is 4.15. The molecule has 27 heavy (non-hydrogen) atoms. The molecular formula is C21H32ClN3OS+2. The van der Waals surface area contributed by atoms with Crippen LogP contribution in [-0.2, 0) is 11.3 Å². The molecule has 148 valence electrons. The van der Waals surface area contributed by atoms with Gasteiger partial charge >= 0.3 is 0 Å². The van der Waals surface area contributed by atoms with E-state index in [-0.39, 0.29) is 5.54 Å². The van der Waals surface area contributed by atoms with Gasteiger partial charge in [-0.25, -0.2) is 0 Å². The maximum absolute atomic E-state index is 12.8. The van der Waals surface area contributed by atoms with Crippen LogP contribution in [-0.4, -0.2) is 44.2 Å². The zero-order valence-electron chi connectivity index (χ0n) is 16.1. The number of halogens is 1. The Morgan fingerprint density at radius 3 is 2.19 bits per heavy atom. The summed E-state index contributed by atoms with van der Waals surface area (Å²) in [4.78, 5) is 17.3. The quantitative estimate of drug-likeness (QED) is 0.660. The Bertz CT molecular complexity index is 662. The van der Waals surface area contributed by atoms with E-state index in [1.54, 1.807) is 16.2 Å². The van der Waals surface area contributed by atoms with Crippen molar-refractivity contribution in [2.75, 3.05) is 32.7 Å². The third kappa shape index (κ3) is 4.07. The summed E-state index contributed by atoms with van der Waals surface area (Å²) in [5, 5.41) is 3.55. The molecule has 0 radical (unpaired) electrons. The first-order valence-corrected chi connectivity index (χ1v) is 12.0. The molecule has 1 aromatic rings. The van der Waals surface area contributed by atoms with E-state index in [9.17, 15) is 4.79 Å². The molecule has 2 heterocycles. The number of rotatable bonds is 5. The van der Waals surface area contributed by atoms with Gasteiger partial charge in [-0.2, -0.15) is 0 Å². The van der Waals surface area contributed by atoms with Gasteiger partial charge in [0, 0.05) is 5.54 Å². The molecule has 0 aromatic carbocycles. The van der Waals surface area contributed by atoms with Crippen molar-refractivity contribution >= 4 is 28.8 Å². The zero-order chi connectivity index (χ0) is 18.4. The normalized spacial score (nSPS) is 40.3. The van der Waals surface area contributed by atoms with Gasteiger partial charge in [-0.05, 0) is 68.4 Å². The lowest BCUT2D eigenvalue weighted by Crippen LogP contribution is -3.28. The summed E-state index contributed by atoms with van der Waals surface area (Å²) in [5.41, 5.74) is 0.163. The van der Waals surface area contributed by atoms with Crippen LogP contribution in [0.1, 0.15) is 43.4 Å². The Morgan fingerprint density at radius 2 is 1.63 bits per heavy atom. The molecule has 0 atom stereocenters. The Morgan fingerprint density at radius 1 is 1.04 bits per heavy atom. The van der Waals surface area contributed by atoms with Gasteiger partial charge in [-0.3, -0.25) is 4.79 Å². The smallest absolute Gasteiger partial charge is 0.275 e. The molecule has 5 aliphatic rings. The van der Waals surface area contributed by atoms with Crippen molar-refractivity contribution in [3.05, 3.63) is 21.3 Å². The predicted molar refractivity (Wildman–Crippen MR) is 108 cm³/mol. The number of piperazine rings is 1. The standard InChI is InChI=1S/C21H30ClN3OS/c22-19-2-1-18(27-19)13-24-3-5-25(6-4-24)14-20(26)23-21-10-15-7-16(11-21)9-17(8-15)12-21/h1-2,15-17H,3-14H2,(H,23,26)/p+2. The fourth-order valence-corrected chi connectivity index (χ4v) is 7.99. The first-order valence-electron chi connectivity index (χ1n) is 10.8. The highest BCUT2D eigenvalue weighted by molar-refractivity contribution is 7.16. The van der Waals surface area contributed by atoms with Crippen LogP contribution in [0.15, 0.2) is 12.1 Å². The molecule has 6 rings (SSSR count). The van der Waals surface area contributed by atoms with Gasteiger partial charge in [0.15, 0.2) is 6.54 Å². The average molecular weight is 410 g/mol. The Balaban J connectivity index is 1.10. The second-order valence-electron chi connectivity index (χ2n) is 9.81. The monoisotopic (exact) mass is 409 g/mol. The maximum Gasteiger partial charge on any atom is 0.275 e. The van der Waals surface area contributed by atoms with E-state index < -0.39 is 0 Å². The average Bonchev–Trinajstić information content (AvgIpc) is 3.00. The number of carbonyl (C=O) groups is 1. The Kier molecular flexibility index (Phi) is 5.00. The van der Waals surface area contributed by atoms with Crippen LogP contribution >= 0.6 is 22.9 Å². The molecule has 4 saturated carbocycles. The van der Waals surface area contributed by atoms with Crippen molar-refractivity contribution in [3.63, 3.8) is 0 Å². The highest BCUT2D eigenvalue weighted by atomic mass is 35.5. The van der Waals surface area contributed by atoms with Crippen LogP contribution < -0.4 is 15.1 Å². The second kappa shape index (κ2) is 7.33. The number of carbonyl (C=O) groups excluding carboxylic acids is 1. The number of hydrogen-bond donors (Lipinski definition) is 3. The number of thiophene rings is 1. The number of quaternary nitrogens is 2. The SMILES string of the molecule is O=C(C[NH+]1CC[NH+](Cc2ccc(Cl)s2)CC1)NC12CC3CC(CC(C3)C1)C2. The van der Waals surface area contributed by atoms with Crippen LogP contribution in [0.2, 0.25) is 4.34 Å². The minimum absolute atomic E-state index is 0.163. The highest BCUT2D eigenvalue weighted by Crippen LogP contribution is 2.55. The molecule has 1 saturated heterocycles. The molecular weight excluding hydrogens is 378 g/mol. The lowest BCUT2D eigenvalue weighted by molar-refractivity contribution is -1.01. The zero-order valence-corrected chi connectivity index (χ0v) is 17.6. The molecule has 5 fully saturated rings. The van der Waals surface area contributed by atoms with Crippen LogP contribution in [0.4, 0.5) is 0 Å². The summed E-state index contributed by atoms with van der Waals surface area (Å²) < 4.78 is 0.884. The largest absolute Gasteiger partial charge is 0.346 e. The van der Waals surface area contributed by atoms with Crippen LogP contribution in [0.5, 0.6) is 0 Å². The number of amides is 1. The minimum Gasteiger partial charge on any atom is -0.346 e. The van der Waals surface area contributed by atoms with Crippen molar-refractivity contribution in [2.24, 2.45) is 17.8 Å². The molecule has 6 heteroatoms. The Labute approximate surface area is 171 Å². The van der Waals surface area contributed by atoms with Gasteiger partial charge < -0.3 is 15.1 Å². The van der Waals surface area contributed by atoms with Crippen molar-refractivity contribution in [2.45, 2.75) is 50.6 Å².